The zero-order chi connectivity index (χ0) is 25.0. The molecule has 34 heavy (non-hydrogen) atoms. The maximum atomic E-state index is 11.8. The Kier molecular flexibility index (Phi) is 8.20. The molecule has 1 saturated heterocycles. The smallest absolute Gasteiger partial charge is 0.321 e. The number of benzene rings is 2. The van der Waals surface area contributed by atoms with E-state index in [1.54, 1.807) is 20.8 Å². The third-order valence-electron chi connectivity index (χ3n) is 5.26. The normalized spacial score (nSPS) is 17.2. The van der Waals surface area contributed by atoms with Gasteiger partial charge in [0.1, 0.15) is 36.0 Å². The van der Waals surface area contributed by atoms with Crippen LogP contribution < -0.4 is 14.8 Å². The van der Waals surface area contributed by atoms with E-state index >= 15 is 0 Å². The summed E-state index contributed by atoms with van der Waals surface area (Å²) in [5.41, 5.74) is 2.93. The number of aryl methyl sites for hydroxylation is 3. The number of hydrogen-bond donors (Lipinski definition) is 3. The number of aliphatic hydroxyl groups excluding tert-OH is 1. The highest BCUT2D eigenvalue weighted by atomic mass is 16.6. The van der Waals surface area contributed by atoms with Crippen molar-refractivity contribution in [3.8, 4) is 17.2 Å². The minimum atomic E-state index is -1.39. The molecule has 3 atom stereocenters. The van der Waals surface area contributed by atoms with Crippen molar-refractivity contribution in [3.63, 3.8) is 0 Å². The van der Waals surface area contributed by atoms with Crippen LogP contribution in [0.2, 0.25) is 0 Å². The SMILES string of the molecule is Cc1cc(Oc2c(C)cc(CC(NC(O)OC(C)(C)C)C(=O)O)cc2C)ccc1OCC1CO1. The van der Waals surface area contributed by atoms with Crippen molar-refractivity contribution in [2.24, 2.45) is 0 Å². The molecule has 1 fully saturated rings. The Morgan fingerprint density at radius 2 is 1.79 bits per heavy atom. The molecular weight excluding hydrogens is 438 g/mol. The topological polar surface area (TPSA) is 110 Å². The number of hydrogen-bond acceptors (Lipinski definition) is 7. The van der Waals surface area contributed by atoms with Gasteiger partial charge >= 0.3 is 5.97 Å². The summed E-state index contributed by atoms with van der Waals surface area (Å²) in [7, 11) is 0. The molecule has 8 nitrogen and oxygen atoms in total. The number of rotatable bonds is 11. The second-order valence-corrected chi connectivity index (χ2v) is 9.70. The molecular formula is C26H35NO7. The molecule has 0 radical (unpaired) electrons. The lowest BCUT2D eigenvalue weighted by molar-refractivity contribution is -0.189. The lowest BCUT2D eigenvalue weighted by Crippen LogP contribution is -2.48. The summed E-state index contributed by atoms with van der Waals surface area (Å²) in [5, 5.41) is 22.3. The van der Waals surface area contributed by atoms with Crippen LogP contribution in [0.15, 0.2) is 30.3 Å². The Bertz CT molecular complexity index is 988. The van der Waals surface area contributed by atoms with Gasteiger partial charge in [0.2, 0.25) is 6.41 Å². The zero-order valence-electron chi connectivity index (χ0n) is 20.7. The summed E-state index contributed by atoms with van der Waals surface area (Å²) >= 11 is 0. The van der Waals surface area contributed by atoms with Crippen molar-refractivity contribution in [3.05, 3.63) is 52.6 Å². The van der Waals surface area contributed by atoms with Gasteiger partial charge in [0, 0.05) is 0 Å². The largest absolute Gasteiger partial charge is 0.491 e. The number of ether oxygens (including phenoxy) is 4. The summed E-state index contributed by atoms with van der Waals surface area (Å²) < 4.78 is 22.5. The van der Waals surface area contributed by atoms with E-state index in [-0.39, 0.29) is 12.5 Å². The number of carboxylic acid groups (broad SMARTS) is 1. The van der Waals surface area contributed by atoms with Gasteiger partial charge in [0.15, 0.2) is 0 Å². The standard InChI is InChI=1S/C26H35NO7/c1-15-11-19(7-8-22(15)32-14-20-13-31-20)33-23-16(2)9-18(10-17(23)3)12-21(24(28)29)27-25(30)34-26(4,5)6/h7-11,20-21,25,27,30H,12-14H2,1-6H3,(H,28,29). The van der Waals surface area contributed by atoms with Gasteiger partial charge in [0.05, 0.1) is 12.2 Å². The van der Waals surface area contributed by atoms with Gasteiger partial charge in [-0.1, -0.05) is 12.1 Å². The van der Waals surface area contributed by atoms with Gasteiger partial charge in [-0.25, -0.2) is 0 Å². The highest BCUT2D eigenvalue weighted by Gasteiger charge is 2.25. The predicted octanol–water partition coefficient (Wildman–Crippen LogP) is 3.86. The van der Waals surface area contributed by atoms with Crippen LogP contribution in [0.1, 0.15) is 43.0 Å². The van der Waals surface area contributed by atoms with Crippen LogP contribution in [0.4, 0.5) is 0 Å². The van der Waals surface area contributed by atoms with Crippen molar-refractivity contribution >= 4 is 5.97 Å². The second-order valence-electron chi connectivity index (χ2n) is 9.70. The van der Waals surface area contributed by atoms with E-state index in [0.29, 0.717) is 12.4 Å². The average Bonchev–Trinajstić information content (AvgIpc) is 3.52. The van der Waals surface area contributed by atoms with Gasteiger partial charge < -0.3 is 29.2 Å². The first-order valence-corrected chi connectivity index (χ1v) is 11.4. The first-order valence-electron chi connectivity index (χ1n) is 11.4. The summed E-state index contributed by atoms with van der Waals surface area (Å²) in [5.74, 6) is 1.15. The minimum Gasteiger partial charge on any atom is -0.491 e. The monoisotopic (exact) mass is 473 g/mol. The van der Waals surface area contributed by atoms with Gasteiger partial charge in [-0.05, 0) is 88.4 Å². The van der Waals surface area contributed by atoms with E-state index in [1.165, 1.54) is 0 Å². The zero-order valence-corrected chi connectivity index (χ0v) is 20.7. The molecule has 1 heterocycles. The Balaban J connectivity index is 1.68. The molecule has 3 N–H and O–H groups in total. The molecule has 2 aromatic rings. The molecule has 0 amide bonds. The molecule has 186 valence electrons. The van der Waals surface area contributed by atoms with Crippen LogP contribution in [0.25, 0.3) is 0 Å². The van der Waals surface area contributed by atoms with Crippen LogP contribution in [-0.2, 0) is 20.7 Å². The first-order chi connectivity index (χ1) is 15.9. The fourth-order valence-electron chi connectivity index (χ4n) is 3.63. The minimum absolute atomic E-state index is 0.178. The van der Waals surface area contributed by atoms with Crippen LogP contribution in [0.5, 0.6) is 17.2 Å². The maximum Gasteiger partial charge on any atom is 0.321 e. The van der Waals surface area contributed by atoms with Crippen LogP contribution in [0.3, 0.4) is 0 Å². The lowest BCUT2D eigenvalue weighted by Gasteiger charge is -2.27. The Labute approximate surface area is 200 Å². The number of carboxylic acids is 1. The van der Waals surface area contributed by atoms with Crippen molar-refractivity contribution in [2.75, 3.05) is 13.2 Å². The summed E-state index contributed by atoms with van der Waals surface area (Å²) in [6, 6.07) is 8.47. The summed E-state index contributed by atoms with van der Waals surface area (Å²) in [4.78, 5) is 11.8. The summed E-state index contributed by atoms with van der Waals surface area (Å²) in [6.45, 7) is 12.5. The summed E-state index contributed by atoms with van der Waals surface area (Å²) in [6.07, 6.45) is -1.01. The number of aliphatic hydroxyl groups is 1. The van der Waals surface area contributed by atoms with Crippen molar-refractivity contribution in [2.45, 2.75) is 72.1 Å². The first kappa shape index (κ1) is 26.0. The number of aliphatic carboxylic acids is 1. The van der Waals surface area contributed by atoms with Gasteiger partial charge in [-0.2, -0.15) is 0 Å². The van der Waals surface area contributed by atoms with E-state index in [4.69, 9.17) is 18.9 Å². The van der Waals surface area contributed by atoms with E-state index in [0.717, 1.165) is 40.4 Å². The molecule has 0 aromatic heterocycles. The molecule has 1 aliphatic rings. The number of nitrogens with one attached hydrogen (secondary N) is 1. The Morgan fingerprint density at radius 3 is 2.32 bits per heavy atom. The van der Waals surface area contributed by atoms with Crippen molar-refractivity contribution in [1.29, 1.82) is 0 Å². The fraction of sp³-hybridized carbons (Fsp3) is 0.500. The lowest BCUT2D eigenvalue weighted by atomic mass is 10.00. The van der Waals surface area contributed by atoms with E-state index in [9.17, 15) is 15.0 Å². The van der Waals surface area contributed by atoms with E-state index in [2.05, 4.69) is 5.32 Å². The van der Waals surface area contributed by atoms with Gasteiger partial charge in [0.25, 0.3) is 0 Å². The van der Waals surface area contributed by atoms with Crippen LogP contribution in [0, 0.1) is 20.8 Å². The van der Waals surface area contributed by atoms with Gasteiger partial charge in [-0.3, -0.25) is 10.1 Å². The fourth-order valence-corrected chi connectivity index (χ4v) is 3.63. The molecule has 0 bridgehead atoms. The molecule has 0 aliphatic carbocycles. The molecule has 2 aromatic carbocycles. The van der Waals surface area contributed by atoms with Crippen LogP contribution >= 0.6 is 0 Å². The molecule has 3 rings (SSSR count). The second kappa shape index (κ2) is 10.7. The van der Waals surface area contributed by atoms with Crippen molar-refractivity contribution < 1.29 is 34.0 Å². The third kappa shape index (κ3) is 7.70. The highest BCUT2D eigenvalue weighted by molar-refractivity contribution is 5.74. The molecule has 0 saturated carbocycles. The molecule has 8 heteroatoms. The molecule has 3 unspecified atom stereocenters. The quantitative estimate of drug-likeness (QED) is 0.333. The average molecular weight is 474 g/mol. The maximum absolute atomic E-state index is 11.8. The van der Waals surface area contributed by atoms with Gasteiger partial charge in [-0.15, -0.1) is 0 Å². The predicted molar refractivity (Wildman–Crippen MR) is 128 cm³/mol. The van der Waals surface area contributed by atoms with E-state index < -0.39 is 24.0 Å². The Hall–Kier alpha value is -2.65. The van der Waals surface area contributed by atoms with Crippen molar-refractivity contribution in [1.82, 2.24) is 5.32 Å². The number of carbonyl (C=O) groups is 1. The Morgan fingerprint density at radius 1 is 1.15 bits per heavy atom. The molecule has 0 spiro atoms. The molecule has 1 aliphatic heterocycles. The number of epoxide rings is 1. The highest BCUT2D eigenvalue weighted by Crippen LogP contribution is 2.33. The van der Waals surface area contributed by atoms with Crippen LogP contribution in [-0.4, -0.2) is 53.6 Å². The van der Waals surface area contributed by atoms with E-state index in [1.807, 2.05) is 51.1 Å². The third-order valence-corrected chi connectivity index (χ3v) is 5.26.